The molecule has 2 N–H and O–H groups in total. The number of halogens is 2. The second kappa shape index (κ2) is 4.42. The molecule has 0 aromatic rings. The monoisotopic (exact) mass is 263 g/mol. The number of ether oxygens (including phenoxy) is 1. The van der Waals surface area contributed by atoms with Crippen molar-refractivity contribution in [2.75, 3.05) is 13.2 Å². The van der Waals surface area contributed by atoms with Gasteiger partial charge in [-0.05, 0) is 39.0 Å². The van der Waals surface area contributed by atoms with Crippen LogP contribution < -0.4 is 5.32 Å². The summed E-state index contributed by atoms with van der Waals surface area (Å²) in [5.41, 5.74) is -2.82. The van der Waals surface area contributed by atoms with E-state index in [1.807, 2.05) is 0 Å². The Morgan fingerprint density at radius 3 is 2.28 bits per heavy atom. The lowest BCUT2D eigenvalue weighted by atomic mass is 9.74. The summed E-state index contributed by atoms with van der Waals surface area (Å²) in [6.45, 7) is 2.63. The molecule has 1 aliphatic heterocycles. The Morgan fingerprint density at radius 2 is 1.83 bits per heavy atom. The highest BCUT2D eigenvalue weighted by molar-refractivity contribution is 5.85. The first-order valence-corrected chi connectivity index (χ1v) is 6.30. The fourth-order valence-electron chi connectivity index (χ4n) is 2.34. The van der Waals surface area contributed by atoms with Crippen molar-refractivity contribution < 1.29 is 23.4 Å². The summed E-state index contributed by atoms with van der Waals surface area (Å²) < 4.78 is 32.9. The van der Waals surface area contributed by atoms with Crippen LogP contribution in [-0.2, 0) is 9.53 Å². The van der Waals surface area contributed by atoms with Crippen LogP contribution in [0.5, 0.6) is 0 Å². The highest BCUT2D eigenvalue weighted by atomic mass is 19.3. The van der Waals surface area contributed by atoms with Crippen molar-refractivity contribution in [3.05, 3.63) is 0 Å². The van der Waals surface area contributed by atoms with Crippen LogP contribution in [0, 0.1) is 0 Å². The van der Waals surface area contributed by atoms with Crippen LogP contribution in [0.15, 0.2) is 0 Å². The summed E-state index contributed by atoms with van der Waals surface area (Å²) in [7, 11) is 0. The number of amides is 1. The molecule has 104 valence electrons. The smallest absolute Gasteiger partial charge is 0.352 e. The predicted octanol–water partition coefficient (Wildman–Crippen LogP) is 1.22. The van der Waals surface area contributed by atoms with Crippen molar-refractivity contribution in [1.82, 2.24) is 5.32 Å². The number of hydrogen-bond donors (Lipinski definition) is 2. The van der Waals surface area contributed by atoms with E-state index in [9.17, 15) is 18.7 Å². The van der Waals surface area contributed by atoms with Crippen LogP contribution in [0.1, 0.15) is 39.0 Å². The second-order valence-corrected chi connectivity index (χ2v) is 5.59. The van der Waals surface area contributed by atoms with Gasteiger partial charge in [0.15, 0.2) is 0 Å². The Bertz CT molecular complexity index is 336. The van der Waals surface area contributed by atoms with Crippen molar-refractivity contribution >= 4 is 5.91 Å². The molecule has 0 unspecified atom stereocenters. The maximum absolute atomic E-state index is 13.9. The topological polar surface area (TPSA) is 58.6 Å². The van der Waals surface area contributed by atoms with Crippen molar-refractivity contribution in [3.8, 4) is 0 Å². The average molecular weight is 263 g/mol. The van der Waals surface area contributed by atoms with E-state index in [0.29, 0.717) is 32.5 Å². The third-order valence-electron chi connectivity index (χ3n) is 4.06. The zero-order valence-electron chi connectivity index (χ0n) is 10.5. The molecule has 1 saturated carbocycles. The fraction of sp³-hybridized carbons (Fsp3) is 0.917. The lowest BCUT2D eigenvalue weighted by Crippen LogP contribution is -2.64. The highest BCUT2D eigenvalue weighted by Gasteiger charge is 2.61. The van der Waals surface area contributed by atoms with E-state index in [0.717, 1.165) is 0 Å². The zero-order valence-corrected chi connectivity index (χ0v) is 10.5. The first-order chi connectivity index (χ1) is 8.29. The van der Waals surface area contributed by atoms with Crippen LogP contribution in [0.4, 0.5) is 8.78 Å². The van der Waals surface area contributed by atoms with Gasteiger partial charge in [0.1, 0.15) is 5.60 Å². The average Bonchev–Trinajstić information content (AvgIpc) is 2.26. The van der Waals surface area contributed by atoms with Gasteiger partial charge in [-0.2, -0.15) is 8.78 Å². The molecule has 4 nitrogen and oxygen atoms in total. The van der Waals surface area contributed by atoms with Gasteiger partial charge in [0.2, 0.25) is 0 Å². The number of hydrogen-bond acceptors (Lipinski definition) is 3. The van der Waals surface area contributed by atoms with Crippen LogP contribution in [0.3, 0.4) is 0 Å². The molecular formula is C12H19F2NO3. The molecule has 1 heterocycles. The SMILES string of the molecule is CC1(NC(=O)C(F)(F)C2(O)CCC2)CCOCC1. The predicted molar refractivity (Wildman–Crippen MR) is 60.3 cm³/mol. The van der Waals surface area contributed by atoms with Crippen LogP contribution >= 0.6 is 0 Å². The molecule has 6 heteroatoms. The molecule has 0 aromatic heterocycles. The first-order valence-electron chi connectivity index (χ1n) is 6.30. The molecule has 1 saturated heterocycles. The van der Waals surface area contributed by atoms with Gasteiger partial charge in [0.05, 0.1) is 0 Å². The van der Waals surface area contributed by atoms with Crippen molar-refractivity contribution in [2.24, 2.45) is 0 Å². The van der Waals surface area contributed by atoms with Gasteiger partial charge < -0.3 is 15.2 Å². The zero-order chi connectivity index (χ0) is 13.4. The lowest BCUT2D eigenvalue weighted by molar-refractivity contribution is -0.217. The van der Waals surface area contributed by atoms with E-state index in [2.05, 4.69) is 5.32 Å². The Labute approximate surface area is 105 Å². The minimum Gasteiger partial charge on any atom is -0.383 e. The van der Waals surface area contributed by atoms with Gasteiger partial charge in [0.25, 0.3) is 5.91 Å². The highest BCUT2D eigenvalue weighted by Crippen LogP contribution is 2.44. The lowest BCUT2D eigenvalue weighted by Gasteiger charge is -2.43. The Hall–Kier alpha value is -0.750. The quantitative estimate of drug-likeness (QED) is 0.805. The molecule has 2 rings (SSSR count). The molecule has 1 aliphatic carbocycles. The summed E-state index contributed by atoms with van der Waals surface area (Å²) in [6.07, 6.45) is 1.51. The van der Waals surface area contributed by atoms with Gasteiger partial charge in [-0.1, -0.05) is 0 Å². The summed E-state index contributed by atoms with van der Waals surface area (Å²) in [5.74, 6) is -5.08. The maximum Gasteiger partial charge on any atom is 0.352 e. The summed E-state index contributed by atoms with van der Waals surface area (Å²) in [6, 6.07) is 0. The number of carbonyl (C=O) groups excluding carboxylic acids is 1. The van der Waals surface area contributed by atoms with Crippen LogP contribution in [-0.4, -0.2) is 41.3 Å². The van der Waals surface area contributed by atoms with E-state index >= 15 is 0 Å². The third-order valence-corrected chi connectivity index (χ3v) is 4.06. The van der Waals surface area contributed by atoms with Crippen molar-refractivity contribution in [2.45, 2.75) is 56.1 Å². The first kappa shape index (κ1) is 13.7. The van der Waals surface area contributed by atoms with Gasteiger partial charge >= 0.3 is 5.92 Å². The summed E-state index contributed by atoms with van der Waals surface area (Å²) in [5, 5.41) is 12.1. The molecular weight excluding hydrogens is 244 g/mol. The molecule has 2 fully saturated rings. The number of aliphatic hydroxyl groups is 1. The summed E-state index contributed by atoms with van der Waals surface area (Å²) in [4.78, 5) is 11.7. The van der Waals surface area contributed by atoms with Crippen LogP contribution in [0.2, 0.25) is 0 Å². The number of alkyl halides is 2. The second-order valence-electron chi connectivity index (χ2n) is 5.59. The molecule has 0 aromatic carbocycles. The fourth-order valence-corrected chi connectivity index (χ4v) is 2.34. The standard InChI is InChI=1S/C12H19F2NO3/c1-10(5-7-18-8-6-10)15-9(16)12(13,14)11(17)3-2-4-11/h17H,2-8H2,1H3,(H,15,16). The number of carbonyl (C=O) groups is 1. The van der Waals surface area contributed by atoms with E-state index in [4.69, 9.17) is 4.74 Å². The number of rotatable bonds is 3. The third kappa shape index (κ3) is 2.23. The molecule has 18 heavy (non-hydrogen) atoms. The molecule has 0 atom stereocenters. The van der Waals surface area contributed by atoms with Gasteiger partial charge in [0, 0.05) is 18.8 Å². The minimum absolute atomic E-state index is 0.0206. The summed E-state index contributed by atoms with van der Waals surface area (Å²) >= 11 is 0. The van der Waals surface area contributed by atoms with E-state index in [-0.39, 0.29) is 12.8 Å². The van der Waals surface area contributed by atoms with Crippen molar-refractivity contribution in [3.63, 3.8) is 0 Å². The minimum atomic E-state index is -3.72. The van der Waals surface area contributed by atoms with E-state index in [1.165, 1.54) is 0 Å². The molecule has 0 radical (unpaired) electrons. The van der Waals surface area contributed by atoms with Gasteiger partial charge in [-0.3, -0.25) is 4.79 Å². The van der Waals surface area contributed by atoms with Gasteiger partial charge in [-0.25, -0.2) is 0 Å². The Kier molecular flexibility index (Phi) is 3.36. The molecule has 2 aliphatic rings. The van der Waals surface area contributed by atoms with Crippen LogP contribution in [0.25, 0.3) is 0 Å². The Morgan fingerprint density at radius 1 is 1.28 bits per heavy atom. The molecule has 0 bridgehead atoms. The largest absolute Gasteiger partial charge is 0.383 e. The molecule has 0 spiro atoms. The van der Waals surface area contributed by atoms with Gasteiger partial charge in [-0.15, -0.1) is 0 Å². The van der Waals surface area contributed by atoms with E-state index in [1.54, 1.807) is 6.92 Å². The number of nitrogens with one attached hydrogen (secondary N) is 1. The normalized spacial score (nSPS) is 26.2. The maximum atomic E-state index is 13.9. The molecule has 1 amide bonds. The van der Waals surface area contributed by atoms with E-state index < -0.39 is 23.0 Å². The van der Waals surface area contributed by atoms with Crippen molar-refractivity contribution in [1.29, 1.82) is 0 Å². The Balaban J connectivity index is 2.02.